The predicted molar refractivity (Wildman–Crippen MR) is 59.7 cm³/mol. The lowest BCUT2D eigenvalue weighted by Gasteiger charge is -2.15. The Morgan fingerprint density at radius 3 is 2.62 bits per heavy atom. The Labute approximate surface area is 95.3 Å². The van der Waals surface area contributed by atoms with Gasteiger partial charge in [-0.05, 0) is 31.7 Å². The second-order valence-electron chi connectivity index (χ2n) is 4.76. The Bertz CT molecular complexity index is 289. The molecule has 1 heterocycles. The lowest BCUT2D eigenvalue weighted by atomic mass is 10.0. The van der Waals surface area contributed by atoms with Gasteiger partial charge in [0, 0.05) is 6.04 Å². The average Bonchev–Trinajstić information content (AvgIpc) is 2.95. The van der Waals surface area contributed by atoms with E-state index in [4.69, 9.17) is 0 Å². The molecule has 5 nitrogen and oxygen atoms in total. The van der Waals surface area contributed by atoms with E-state index in [9.17, 15) is 9.59 Å². The number of rotatable bonds is 4. The Morgan fingerprint density at radius 2 is 2.06 bits per heavy atom. The normalized spacial score (nSPS) is 28.8. The minimum atomic E-state index is -0.131. The van der Waals surface area contributed by atoms with E-state index in [-0.39, 0.29) is 24.4 Å². The minimum absolute atomic E-state index is 0.0593. The van der Waals surface area contributed by atoms with Crippen LogP contribution in [0.5, 0.6) is 0 Å². The van der Waals surface area contributed by atoms with E-state index in [1.807, 2.05) is 0 Å². The van der Waals surface area contributed by atoms with Crippen LogP contribution in [0.25, 0.3) is 0 Å². The molecule has 2 atom stereocenters. The van der Waals surface area contributed by atoms with E-state index in [0.29, 0.717) is 12.0 Å². The molecule has 2 rings (SSSR count). The van der Waals surface area contributed by atoms with Crippen molar-refractivity contribution < 1.29 is 9.59 Å². The number of hydrogen-bond acceptors (Lipinski definition) is 3. The van der Waals surface area contributed by atoms with Crippen LogP contribution in [-0.4, -0.2) is 37.0 Å². The molecule has 3 N–H and O–H groups in total. The molecule has 1 aliphatic carbocycles. The highest BCUT2D eigenvalue weighted by atomic mass is 16.2. The molecule has 1 saturated heterocycles. The molecule has 16 heavy (non-hydrogen) atoms. The van der Waals surface area contributed by atoms with E-state index in [2.05, 4.69) is 22.9 Å². The first-order chi connectivity index (χ1) is 7.66. The summed E-state index contributed by atoms with van der Waals surface area (Å²) in [5, 5.41) is 8.65. The van der Waals surface area contributed by atoms with E-state index in [1.165, 1.54) is 0 Å². The second kappa shape index (κ2) is 4.82. The molecule has 2 amide bonds. The summed E-state index contributed by atoms with van der Waals surface area (Å²) in [7, 11) is 0. The average molecular weight is 225 g/mol. The van der Waals surface area contributed by atoms with Crippen LogP contribution in [0.4, 0.5) is 0 Å². The van der Waals surface area contributed by atoms with Crippen molar-refractivity contribution in [3.63, 3.8) is 0 Å². The van der Waals surface area contributed by atoms with Crippen LogP contribution in [0.2, 0.25) is 0 Å². The van der Waals surface area contributed by atoms with Gasteiger partial charge in [0.25, 0.3) is 0 Å². The van der Waals surface area contributed by atoms with Gasteiger partial charge in [-0.25, -0.2) is 0 Å². The van der Waals surface area contributed by atoms with Gasteiger partial charge in [0.2, 0.25) is 11.8 Å². The molecule has 0 aromatic rings. The Kier molecular flexibility index (Phi) is 3.43. The molecule has 0 aromatic carbocycles. The summed E-state index contributed by atoms with van der Waals surface area (Å²) in [6.45, 7) is 3.03. The van der Waals surface area contributed by atoms with Gasteiger partial charge in [0.05, 0.1) is 12.6 Å². The summed E-state index contributed by atoms with van der Waals surface area (Å²) in [6.07, 6.45) is 3.16. The molecular formula is C11H19N3O2. The quantitative estimate of drug-likeness (QED) is 0.597. The van der Waals surface area contributed by atoms with E-state index < -0.39 is 0 Å². The molecular weight excluding hydrogens is 206 g/mol. The monoisotopic (exact) mass is 225 g/mol. The third kappa shape index (κ3) is 2.95. The summed E-state index contributed by atoms with van der Waals surface area (Å²) >= 11 is 0. The van der Waals surface area contributed by atoms with Gasteiger partial charge in [-0.1, -0.05) is 6.92 Å². The summed E-state index contributed by atoms with van der Waals surface area (Å²) < 4.78 is 0. The number of carbonyl (C=O) groups is 2. The van der Waals surface area contributed by atoms with Crippen LogP contribution in [0.15, 0.2) is 0 Å². The first-order valence-corrected chi connectivity index (χ1v) is 5.97. The van der Waals surface area contributed by atoms with Gasteiger partial charge in [0.15, 0.2) is 0 Å². The van der Waals surface area contributed by atoms with Crippen molar-refractivity contribution in [1.82, 2.24) is 16.0 Å². The first-order valence-electron chi connectivity index (χ1n) is 5.97. The highest BCUT2D eigenvalue weighted by Crippen LogP contribution is 2.18. The molecule has 1 saturated carbocycles. The number of carbonyl (C=O) groups excluding carboxylic acids is 2. The van der Waals surface area contributed by atoms with Crippen LogP contribution < -0.4 is 16.0 Å². The van der Waals surface area contributed by atoms with Crippen LogP contribution in [-0.2, 0) is 9.59 Å². The zero-order valence-electron chi connectivity index (χ0n) is 9.58. The highest BCUT2D eigenvalue weighted by Gasteiger charge is 2.29. The summed E-state index contributed by atoms with van der Waals surface area (Å²) in [5.74, 6) is 0.212. The Morgan fingerprint density at radius 1 is 1.31 bits per heavy atom. The number of nitrogens with one attached hydrogen (secondary N) is 3. The number of amides is 2. The fraction of sp³-hybridized carbons (Fsp3) is 0.818. The van der Waals surface area contributed by atoms with Gasteiger partial charge >= 0.3 is 0 Å². The molecule has 0 bridgehead atoms. The van der Waals surface area contributed by atoms with Gasteiger partial charge in [-0.3, -0.25) is 9.59 Å². The van der Waals surface area contributed by atoms with Gasteiger partial charge in [-0.2, -0.15) is 0 Å². The van der Waals surface area contributed by atoms with Gasteiger partial charge < -0.3 is 16.0 Å². The standard InChI is InChI=1S/C11H19N3O2/c1-7-4-5-12-10(7)11(16)13-6-9(15)14-8-2-3-8/h7-8,10,12H,2-6H2,1H3,(H,13,16)(H,14,15). The topological polar surface area (TPSA) is 70.2 Å². The maximum absolute atomic E-state index is 11.7. The molecule has 90 valence electrons. The molecule has 1 aliphatic heterocycles. The van der Waals surface area contributed by atoms with Crippen molar-refractivity contribution in [3.05, 3.63) is 0 Å². The third-order valence-electron chi connectivity index (χ3n) is 3.18. The van der Waals surface area contributed by atoms with Crippen molar-refractivity contribution in [1.29, 1.82) is 0 Å². The number of hydrogen-bond donors (Lipinski definition) is 3. The largest absolute Gasteiger partial charge is 0.352 e. The SMILES string of the molecule is CC1CCNC1C(=O)NCC(=O)NC1CC1. The Hall–Kier alpha value is -1.10. The molecule has 2 fully saturated rings. The van der Waals surface area contributed by atoms with E-state index in [1.54, 1.807) is 0 Å². The summed E-state index contributed by atoms with van der Waals surface area (Å²) in [5.41, 5.74) is 0. The van der Waals surface area contributed by atoms with Crippen molar-refractivity contribution in [2.75, 3.05) is 13.1 Å². The van der Waals surface area contributed by atoms with Gasteiger partial charge in [0.1, 0.15) is 0 Å². The highest BCUT2D eigenvalue weighted by molar-refractivity contribution is 5.87. The molecule has 5 heteroatoms. The molecule has 2 unspecified atom stereocenters. The lowest BCUT2D eigenvalue weighted by molar-refractivity contribution is -0.127. The summed E-state index contributed by atoms with van der Waals surface area (Å²) in [6, 6.07) is 0.224. The maximum atomic E-state index is 11.7. The van der Waals surface area contributed by atoms with Crippen LogP contribution >= 0.6 is 0 Å². The Balaban J connectivity index is 1.68. The van der Waals surface area contributed by atoms with Crippen LogP contribution in [0.1, 0.15) is 26.2 Å². The van der Waals surface area contributed by atoms with Crippen molar-refractivity contribution in [3.8, 4) is 0 Å². The van der Waals surface area contributed by atoms with Crippen molar-refractivity contribution >= 4 is 11.8 Å². The fourth-order valence-electron chi connectivity index (χ4n) is 1.97. The third-order valence-corrected chi connectivity index (χ3v) is 3.18. The first kappa shape index (κ1) is 11.4. The minimum Gasteiger partial charge on any atom is -0.352 e. The molecule has 2 aliphatic rings. The molecule has 0 aromatic heterocycles. The van der Waals surface area contributed by atoms with E-state index >= 15 is 0 Å². The predicted octanol–water partition coefficient (Wildman–Crippen LogP) is -0.621. The van der Waals surface area contributed by atoms with Crippen molar-refractivity contribution in [2.45, 2.75) is 38.3 Å². The molecule has 0 spiro atoms. The fourth-order valence-corrected chi connectivity index (χ4v) is 1.97. The smallest absolute Gasteiger partial charge is 0.239 e. The maximum Gasteiger partial charge on any atom is 0.239 e. The summed E-state index contributed by atoms with van der Waals surface area (Å²) in [4.78, 5) is 23.1. The zero-order valence-corrected chi connectivity index (χ0v) is 9.58. The van der Waals surface area contributed by atoms with Crippen LogP contribution in [0.3, 0.4) is 0 Å². The molecule has 0 radical (unpaired) electrons. The zero-order chi connectivity index (χ0) is 11.5. The van der Waals surface area contributed by atoms with Gasteiger partial charge in [-0.15, -0.1) is 0 Å². The van der Waals surface area contributed by atoms with E-state index in [0.717, 1.165) is 25.8 Å². The second-order valence-corrected chi connectivity index (χ2v) is 4.76. The lowest BCUT2D eigenvalue weighted by Crippen LogP contribution is -2.46. The van der Waals surface area contributed by atoms with Crippen molar-refractivity contribution in [2.24, 2.45) is 5.92 Å². The van der Waals surface area contributed by atoms with Crippen LogP contribution in [0, 0.1) is 5.92 Å².